The SMILES string of the molecule is COc1c(F)cc(C(C)C)cc1[C@@H](C(=O)O)N1CC[C@@H](N(C)CCCCC[C@@H]2CCc3cccnc3N2)C1. The zero-order valence-electron chi connectivity index (χ0n) is 23.3. The Morgan fingerprint density at radius 2 is 2.11 bits per heavy atom. The number of anilines is 1. The molecule has 0 unspecified atom stereocenters. The lowest BCUT2D eigenvalue weighted by molar-refractivity contribution is -0.143. The van der Waals surface area contributed by atoms with Crippen LogP contribution in [0.2, 0.25) is 0 Å². The van der Waals surface area contributed by atoms with E-state index in [-0.39, 0.29) is 17.7 Å². The average Bonchev–Trinajstić information content (AvgIpc) is 3.37. The van der Waals surface area contributed by atoms with Crippen molar-refractivity contribution in [1.82, 2.24) is 14.8 Å². The van der Waals surface area contributed by atoms with Crippen molar-refractivity contribution in [3.63, 3.8) is 0 Å². The number of nitrogens with one attached hydrogen (secondary N) is 1. The number of aromatic nitrogens is 1. The Labute approximate surface area is 226 Å². The maximum atomic E-state index is 14.8. The predicted molar refractivity (Wildman–Crippen MR) is 148 cm³/mol. The number of hydrogen-bond acceptors (Lipinski definition) is 6. The number of carbonyl (C=O) groups is 1. The number of carboxylic acid groups (broad SMARTS) is 1. The monoisotopic (exact) mass is 526 g/mol. The minimum absolute atomic E-state index is 0.0327. The molecule has 38 heavy (non-hydrogen) atoms. The molecule has 0 bridgehead atoms. The molecule has 3 atom stereocenters. The highest BCUT2D eigenvalue weighted by Crippen LogP contribution is 2.37. The van der Waals surface area contributed by atoms with Crippen LogP contribution in [0.5, 0.6) is 5.75 Å². The Balaban J connectivity index is 1.27. The number of halogens is 1. The van der Waals surface area contributed by atoms with Crippen molar-refractivity contribution >= 4 is 11.8 Å². The molecule has 1 saturated heterocycles. The van der Waals surface area contributed by atoms with Crippen LogP contribution in [0, 0.1) is 5.82 Å². The van der Waals surface area contributed by atoms with E-state index in [1.54, 1.807) is 6.07 Å². The van der Waals surface area contributed by atoms with Crippen molar-refractivity contribution in [3.8, 4) is 5.75 Å². The highest BCUT2D eigenvalue weighted by Gasteiger charge is 2.37. The second-order valence-electron chi connectivity index (χ2n) is 11.2. The van der Waals surface area contributed by atoms with E-state index in [0.717, 1.165) is 50.0 Å². The quantitative estimate of drug-likeness (QED) is 0.355. The smallest absolute Gasteiger partial charge is 0.325 e. The summed E-state index contributed by atoms with van der Waals surface area (Å²) < 4.78 is 20.2. The molecule has 1 aromatic heterocycles. The summed E-state index contributed by atoms with van der Waals surface area (Å²) in [6.07, 6.45) is 9.64. The molecule has 7 nitrogen and oxygen atoms in total. The van der Waals surface area contributed by atoms with Crippen LogP contribution < -0.4 is 10.1 Å². The van der Waals surface area contributed by atoms with Gasteiger partial charge in [-0.2, -0.15) is 0 Å². The van der Waals surface area contributed by atoms with Crippen molar-refractivity contribution in [2.45, 2.75) is 82.8 Å². The van der Waals surface area contributed by atoms with Gasteiger partial charge in [-0.15, -0.1) is 0 Å². The maximum absolute atomic E-state index is 14.8. The highest BCUT2D eigenvalue weighted by molar-refractivity contribution is 5.77. The second-order valence-corrected chi connectivity index (χ2v) is 11.2. The highest BCUT2D eigenvalue weighted by atomic mass is 19.1. The van der Waals surface area contributed by atoms with Crippen molar-refractivity contribution in [2.24, 2.45) is 0 Å². The number of methoxy groups -OCH3 is 1. The first kappa shape index (κ1) is 28.3. The molecule has 0 spiro atoms. The van der Waals surface area contributed by atoms with Gasteiger partial charge in [-0.3, -0.25) is 9.69 Å². The van der Waals surface area contributed by atoms with Crippen LogP contribution in [0.4, 0.5) is 10.2 Å². The minimum atomic E-state index is -0.971. The number of nitrogens with zero attached hydrogens (tertiary/aromatic N) is 3. The first-order chi connectivity index (χ1) is 18.3. The number of hydrogen-bond donors (Lipinski definition) is 2. The molecular formula is C30H43FN4O3. The molecule has 0 saturated carbocycles. The normalized spacial score (nSPS) is 20.4. The molecule has 2 aromatic rings. The zero-order chi connectivity index (χ0) is 27.2. The van der Waals surface area contributed by atoms with Crippen LogP contribution in [0.25, 0.3) is 0 Å². The van der Waals surface area contributed by atoms with E-state index in [1.807, 2.05) is 31.0 Å². The fourth-order valence-corrected chi connectivity index (χ4v) is 5.93. The first-order valence-corrected chi connectivity index (χ1v) is 14.0. The van der Waals surface area contributed by atoms with E-state index in [4.69, 9.17) is 4.74 Å². The summed E-state index contributed by atoms with van der Waals surface area (Å²) in [5.74, 6) is -0.309. The Hall–Kier alpha value is -2.71. The van der Waals surface area contributed by atoms with Gasteiger partial charge in [-0.25, -0.2) is 9.37 Å². The van der Waals surface area contributed by atoms with Gasteiger partial charge in [0.2, 0.25) is 0 Å². The van der Waals surface area contributed by atoms with Crippen molar-refractivity contribution in [1.29, 1.82) is 0 Å². The van der Waals surface area contributed by atoms with Crippen LogP contribution >= 0.6 is 0 Å². The summed E-state index contributed by atoms with van der Waals surface area (Å²) in [5.41, 5.74) is 2.50. The summed E-state index contributed by atoms with van der Waals surface area (Å²) in [7, 11) is 3.53. The second kappa shape index (κ2) is 12.9. The molecular weight excluding hydrogens is 483 g/mol. The molecule has 1 fully saturated rings. The summed E-state index contributed by atoms with van der Waals surface area (Å²) in [4.78, 5) is 21.2. The van der Waals surface area contributed by atoms with E-state index < -0.39 is 17.8 Å². The van der Waals surface area contributed by atoms with Crippen LogP contribution in [0.1, 0.15) is 81.0 Å². The third kappa shape index (κ3) is 6.64. The fourth-order valence-electron chi connectivity index (χ4n) is 5.93. The molecule has 2 aliphatic heterocycles. The first-order valence-electron chi connectivity index (χ1n) is 14.0. The molecule has 8 heteroatoms. The number of unbranched alkanes of at least 4 members (excludes halogenated alkanes) is 2. The molecule has 1 aromatic carbocycles. The summed E-state index contributed by atoms with van der Waals surface area (Å²) in [5, 5.41) is 13.8. The van der Waals surface area contributed by atoms with Gasteiger partial charge in [0.15, 0.2) is 11.6 Å². The number of likely N-dealkylation sites (tertiary alicyclic amines) is 1. The van der Waals surface area contributed by atoms with Gasteiger partial charge in [0.05, 0.1) is 7.11 Å². The molecule has 0 amide bonds. The van der Waals surface area contributed by atoms with Crippen molar-refractivity contribution in [2.75, 3.05) is 39.1 Å². The molecule has 2 N–H and O–H groups in total. The number of carboxylic acids is 1. The number of pyridine rings is 1. The zero-order valence-corrected chi connectivity index (χ0v) is 23.3. The topological polar surface area (TPSA) is 77.9 Å². The lowest BCUT2D eigenvalue weighted by Crippen LogP contribution is -2.38. The molecule has 2 aliphatic rings. The van der Waals surface area contributed by atoms with Crippen LogP contribution in [0.15, 0.2) is 30.5 Å². The Kier molecular flexibility index (Phi) is 9.60. The van der Waals surface area contributed by atoms with Crippen molar-refractivity contribution in [3.05, 3.63) is 53.0 Å². The number of aliphatic carboxylic acids is 1. The van der Waals surface area contributed by atoms with Crippen LogP contribution in [-0.2, 0) is 11.2 Å². The Morgan fingerprint density at radius 3 is 2.84 bits per heavy atom. The summed E-state index contributed by atoms with van der Waals surface area (Å²) in [6.45, 7) is 6.24. The maximum Gasteiger partial charge on any atom is 0.325 e. The molecule has 0 aliphatic carbocycles. The number of rotatable bonds is 12. The largest absolute Gasteiger partial charge is 0.493 e. The average molecular weight is 527 g/mol. The summed E-state index contributed by atoms with van der Waals surface area (Å²) in [6, 6.07) is 7.26. The van der Waals surface area contributed by atoms with Crippen LogP contribution in [-0.4, -0.2) is 71.7 Å². The minimum Gasteiger partial charge on any atom is -0.493 e. The molecule has 0 radical (unpaired) electrons. The van der Waals surface area contributed by atoms with Gasteiger partial charge >= 0.3 is 5.97 Å². The van der Waals surface area contributed by atoms with Crippen LogP contribution in [0.3, 0.4) is 0 Å². The Morgan fingerprint density at radius 1 is 1.29 bits per heavy atom. The standard InChI is InChI=1S/C30H43FN4O3/c1-20(2)22-17-25(28(38-4)26(31)18-22)27(30(36)37)35-16-13-24(19-35)34(3)15-7-5-6-10-23-12-11-21-9-8-14-32-29(21)33-23/h8-9,14,17-18,20,23-24,27H,5-7,10-13,15-16,19H2,1-4H3,(H,32,33)(H,36,37)/t23-,24-,27+/m1/s1. The van der Waals surface area contributed by atoms with Gasteiger partial charge in [0, 0.05) is 36.9 Å². The lowest BCUT2D eigenvalue weighted by atomic mass is 9.95. The van der Waals surface area contributed by atoms with Gasteiger partial charge in [-0.1, -0.05) is 32.8 Å². The third-order valence-electron chi connectivity index (χ3n) is 8.23. The third-order valence-corrected chi connectivity index (χ3v) is 8.23. The predicted octanol–water partition coefficient (Wildman–Crippen LogP) is 5.47. The van der Waals surface area contributed by atoms with Gasteiger partial charge in [0.1, 0.15) is 11.9 Å². The van der Waals surface area contributed by atoms with E-state index in [9.17, 15) is 14.3 Å². The number of ether oxygens (including phenoxy) is 1. The van der Waals surface area contributed by atoms with Gasteiger partial charge < -0.3 is 20.1 Å². The summed E-state index contributed by atoms with van der Waals surface area (Å²) >= 11 is 0. The molecule has 4 rings (SSSR count). The number of likely N-dealkylation sites (N-methyl/N-ethyl adjacent to an activating group) is 1. The number of fused-ring (bicyclic) bond motifs is 1. The number of aryl methyl sites for hydroxylation is 1. The fraction of sp³-hybridized carbons (Fsp3) is 0.600. The molecule has 3 heterocycles. The molecule has 208 valence electrons. The van der Waals surface area contributed by atoms with E-state index in [0.29, 0.717) is 24.7 Å². The van der Waals surface area contributed by atoms with E-state index in [2.05, 4.69) is 28.3 Å². The van der Waals surface area contributed by atoms with Gasteiger partial charge in [-0.05, 0) is 80.9 Å². The lowest BCUT2D eigenvalue weighted by Gasteiger charge is -2.29. The van der Waals surface area contributed by atoms with Crippen molar-refractivity contribution < 1.29 is 19.0 Å². The Bertz CT molecular complexity index is 1100. The van der Waals surface area contributed by atoms with Gasteiger partial charge in [0.25, 0.3) is 0 Å². The van der Waals surface area contributed by atoms with E-state index >= 15 is 0 Å². The number of benzene rings is 1. The van der Waals surface area contributed by atoms with E-state index in [1.165, 1.54) is 31.6 Å².